The lowest BCUT2D eigenvalue weighted by molar-refractivity contribution is 0.0953. The minimum atomic E-state index is -3.39. The Bertz CT molecular complexity index is 1140. The van der Waals surface area contributed by atoms with Crippen molar-refractivity contribution in [2.45, 2.75) is 43.5 Å². The van der Waals surface area contributed by atoms with E-state index in [9.17, 15) is 13.2 Å². The Morgan fingerprint density at radius 2 is 2.07 bits per heavy atom. The number of carbonyl (C=O) groups is 1. The lowest BCUT2D eigenvalue weighted by Gasteiger charge is -2.22. The van der Waals surface area contributed by atoms with Crippen LogP contribution in [0.15, 0.2) is 27.5 Å². The van der Waals surface area contributed by atoms with Crippen molar-refractivity contribution in [2.75, 3.05) is 23.7 Å². The van der Waals surface area contributed by atoms with Gasteiger partial charge in [-0.1, -0.05) is 6.42 Å². The summed E-state index contributed by atoms with van der Waals surface area (Å²) >= 11 is 1.29. The topological polar surface area (TPSA) is 110 Å². The van der Waals surface area contributed by atoms with Crippen molar-refractivity contribution in [2.24, 2.45) is 4.40 Å². The van der Waals surface area contributed by atoms with Crippen LogP contribution in [-0.2, 0) is 29.4 Å². The minimum Gasteiger partial charge on any atom is -0.352 e. The first-order valence-electron chi connectivity index (χ1n) is 10.1. The van der Waals surface area contributed by atoms with Crippen molar-refractivity contribution in [1.82, 2.24) is 20.1 Å². The molecule has 0 radical (unpaired) electrons. The Balaban J connectivity index is 1.24. The summed E-state index contributed by atoms with van der Waals surface area (Å²) in [5, 5.41) is 12.0. The molecule has 158 valence electrons. The molecule has 1 N–H and O–H groups in total. The molecule has 2 aromatic rings. The number of carbonyl (C=O) groups excluding carboxylic acids is 1. The molecule has 0 saturated heterocycles. The molecule has 0 bridgehead atoms. The maximum atomic E-state index is 12.6. The van der Waals surface area contributed by atoms with E-state index in [0.717, 1.165) is 48.0 Å². The van der Waals surface area contributed by atoms with Crippen molar-refractivity contribution in [1.29, 1.82) is 0 Å². The highest BCUT2D eigenvalue weighted by Gasteiger charge is 2.33. The predicted molar refractivity (Wildman–Crippen MR) is 114 cm³/mol. The molecule has 4 heterocycles. The molecule has 0 spiro atoms. The first kappa shape index (κ1) is 19.6. The molecule has 0 atom stereocenters. The van der Waals surface area contributed by atoms with Crippen LogP contribution in [-0.4, -0.2) is 53.1 Å². The van der Waals surface area contributed by atoms with Gasteiger partial charge in [0.05, 0.1) is 11.4 Å². The van der Waals surface area contributed by atoms with E-state index in [1.165, 1.54) is 18.2 Å². The number of aryl methyl sites for hydroxylation is 1. The molecule has 11 heteroatoms. The molecule has 5 rings (SSSR count). The second-order valence-electron chi connectivity index (χ2n) is 7.60. The molecular weight excluding hydrogens is 424 g/mol. The van der Waals surface area contributed by atoms with Crippen molar-refractivity contribution in [3.05, 3.63) is 35.4 Å². The van der Waals surface area contributed by atoms with Gasteiger partial charge < -0.3 is 14.8 Å². The molecule has 0 unspecified atom stereocenters. The Morgan fingerprint density at radius 1 is 1.17 bits per heavy atom. The van der Waals surface area contributed by atoms with E-state index in [-0.39, 0.29) is 11.7 Å². The number of nitrogens with one attached hydrogen (secondary N) is 1. The highest BCUT2D eigenvalue weighted by Crippen LogP contribution is 2.42. The van der Waals surface area contributed by atoms with Gasteiger partial charge in [-0.05, 0) is 42.8 Å². The molecule has 1 amide bonds. The normalized spacial score (nSPS) is 19.3. The summed E-state index contributed by atoms with van der Waals surface area (Å²) < 4.78 is 29.5. The van der Waals surface area contributed by atoms with E-state index in [4.69, 9.17) is 0 Å². The number of aromatic nitrogens is 3. The molecule has 9 nitrogen and oxygen atoms in total. The van der Waals surface area contributed by atoms with E-state index in [1.54, 1.807) is 12.1 Å². The average Bonchev–Trinajstić information content (AvgIpc) is 3.17. The predicted octanol–water partition coefficient (Wildman–Crippen LogP) is 1.59. The fraction of sp³-hybridized carbons (Fsp3) is 0.474. The monoisotopic (exact) mass is 446 g/mol. The summed E-state index contributed by atoms with van der Waals surface area (Å²) in [5.41, 5.74) is 1.45. The van der Waals surface area contributed by atoms with Crippen LogP contribution < -0.4 is 10.2 Å². The van der Waals surface area contributed by atoms with Crippen molar-refractivity contribution in [3.8, 4) is 0 Å². The maximum Gasteiger partial charge on any atom is 0.257 e. The number of amidine groups is 1. The number of rotatable bonds is 4. The summed E-state index contributed by atoms with van der Waals surface area (Å²) in [6.07, 6.45) is 5.12. The van der Waals surface area contributed by atoms with Crippen LogP contribution in [0, 0.1) is 0 Å². The van der Waals surface area contributed by atoms with E-state index >= 15 is 0 Å². The van der Waals surface area contributed by atoms with Gasteiger partial charge in [0.2, 0.25) is 0 Å². The second-order valence-corrected chi connectivity index (χ2v) is 10.4. The number of hydrogen-bond donors (Lipinski definition) is 1. The number of hydrogen-bond acceptors (Lipinski definition) is 7. The molecule has 0 fully saturated rings. The smallest absolute Gasteiger partial charge is 0.257 e. The maximum absolute atomic E-state index is 12.6. The highest BCUT2D eigenvalue weighted by atomic mass is 32.2. The molecule has 1 aromatic carbocycles. The van der Waals surface area contributed by atoms with Gasteiger partial charge in [0.25, 0.3) is 15.9 Å². The lowest BCUT2D eigenvalue weighted by atomic mass is 10.2. The van der Waals surface area contributed by atoms with Gasteiger partial charge in [0.15, 0.2) is 5.17 Å². The zero-order valence-electron chi connectivity index (χ0n) is 16.4. The molecule has 0 saturated carbocycles. The fourth-order valence-electron chi connectivity index (χ4n) is 3.99. The van der Waals surface area contributed by atoms with E-state index < -0.39 is 10.0 Å². The van der Waals surface area contributed by atoms with E-state index in [1.807, 2.05) is 11.0 Å². The van der Waals surface area contributed by atoms with Gasteiger partial charge >= 0.3 is 0 Å². The van der Waals surface area contributed by atoms with Crippen molar-refractivity contribution >= 4 is 38.5 Å². The summed E-state index contributed by atoms with van der Waals surface area (Å²) in [6.45, 7) is 1.82. The van der Waals surface area contributed by atoms with Gasteiger partial charge in [-0.25, -0.2) is 8.42 Å². The molecule has 1 aromatic heterocycles. The molecular formula is C19H22N6O3S2. The molecule has 3 aliphatic heterocycles. The van der Waals surface area contributed by atoms with Crippen LogP contribution in [0.4, 0.5) is 5.69 Å². The van der Waals surface area contributed by atoms with Crippen LogP contribution in [0.2, 0.25) is 0 Å². The number of fused-ring (bicyclic) bond motifs is 4. The number of amides is 1. The number of anilines is 1. The van der Waals surface area contributed by atoms with Gasteiger partial charge in [0, 0.05) is 42.9 Å². The van der Waals surface area contributed by atoms with Crippen LogP contribution in [0.3, 0.4) is 0 Å². The van der Waals surface area contributed by atoms with Crippen LogP contribution >= 0.6 is 11.8 Å². The third-order valence-corrected chi connectivity index (χ3v) is 7.86. The van der Waals surface area contributed by atoms with Crippen LogP contribution in [0.25, 0.3) is 0 Å². The van der Waals surface area contributed by atoms with E-state index in [0.29, 0.717) is 30.2 Å². The highest BCUT2D eigenvalue weighted by molar-refractivity contribution is 8.15. The molecule has 3 aliphatic rings. The van der Waals surface area contributed by atoms with Gasteiger partial charge in [-0.15, -0.1) is 14.6 Å². The summed E-state index contributed by atoms with van der Waals surface area (Å²) in [7, 11) is -3.39. The standard InChI is InChI=1S/C19H22N6O3S2/c26-18(20-8-7-17-22-21-16-4-2-1-3-9-25(16)17)13-5-6-14-15(12-13)29-19-23-30(27,28)11-10-24(14)19/h5-6,12H,1-4,7-11H2,(H,20,26). The zero-order valence-corrected chi connectivity index (χ0v) is 18.0. The SMILES string of the molecule is O=C(NCCc1nnc2n1CCCCC2)c1ccc2c(c1)SC1=NS(=O)(=O)CCN12. The Hall–Kier alpha value is -2.40. The van der Waals surface area contributed by atoms with Gasteiger partial charge in [-0.2, -0.15) is 0 Å². The van der Waals surface area contributed by atoms with Crippen molar-refractivity contribution < 1.29 is 13.2 Å². The first-order valence-corrected chi connectivity index (χ1v) is 12.5. The number of nitrogens with zero attached hydrogens (tertiary/aromatic N) is 5. The summed E-state index contributed by atoms with van der Waals surface area (Å²) in [6, 6.07) is 5.42. The number of thioether (sulfide) groups is 1. The fourth-order valence-corrected chi connectivity index (χ4v) is 6.29. The molecule has 0 aliphatic carbocycles. The number of benzene rings is 1. The van der Waals surface area contributed by atoms with Crippen LogP contribution in [0.5, 0.6) is 0 Å². The third-order valence-electron chi connectivity index (χ3n) is 5.56. The van der Waals surface area contributed by atoms with Gasteiger partial charge in [-0.3, -0.25) is 4.79 Å². The van der Waals surface area contributed by atoms with Crippen molar-refractivity contribution in [3.63, 3.8) is 0 Å². The van der Waals surface area contributed by atoms with E-state index in [2.05, 4.69) is 24.5 Å². The Morgan fingerprint density at radius 3 is 2.97 bits per heavy atom. The molecule has 30 heavy (non-hydrogen) atoms. The lowest BCUT2D eigenvalue weighted by Crippen LogP contribution is -2.35. The summed E-state index contributed by atoms with van der Waals surface area (Å²) in [4.78, 5) is 15.4. The largest absolute Gasteiger partial charge is 0.352 e. The zero-order chi connectivity index (χ0) is 20.7. The van der Waals surface area contributed by atoms with Crippen LogP contribution in [0.1, 0.15) is 41.3 Å². The number of sulfonamides is 1. The van der Waals surface area contributed by atoms with Gasteiger partial charge in [0.1, 0.15) is 11.6 Å². The third kappa shape index (κ3) is 3.71. The quantitative estimate of drug-likeness (QED) is 0.759. The minimum absolute atomic E-state index is 0.00503. The Labute approximate surface area is 179 Å². The summed E-state index contributed by atoms with van der Waals surface area (Å²) in [5.74, 6) is 1.82. The Kier molecular flexibility index (Phi) is 5.02. The first-order chi connectivity index (χ1) is 14.5. The average molecular weight is 447 g/mol. The second kappa shape index (κ2) is 7.69.